The van der Waals surface area contributed by atoms with Crippen LogP contribution < -0.4 is 0 Å². The second-order valence-electron chi connectivity index (χ2n) is 3.71. The molecule has 0 N–H and O–H groups in total. The summed E-state index contributed by atoms with van der Waals surface area (Å²) in [5.74, 6) is 0. The van der Waals surface area contributed by atoms with E-state index in [2.05, 4.69) is 20.8 Å². The molecule has 0 aromatic heterocycles. The summed E-state index contributed by atoms with van der Waals surface area (Å²) in [5.41, 5.74) is 0. The molecule has 2 aliphatic heterocycles. The maximum absolute atomic E-state index is 5.41. The first kappa shape index (κ1) is 8.97. The lowest BCUT2D eigenvalue weighted by Gasteiger charge is -2.28. The van der Waals surface area contributed by atoms with Crippen molar-refractivity contribution in [1.82, 2.24) is 4.90 Å². The topological polar surface area (TPSA) is 12.5 Å². The number of ether oxygens (including phenoxy) is 1. The summed E-state index contributed by atoms with van der Waals surface area (Å²) in [6.07, 6.45) is 3.97. The first-order chi connectivity index (χ1) is 5.92. The van der Waals surface area contributed by atoms with E-state index in [0.717, 1.165) is 30.6 Å². The van der Waals surface area contributed by atoms with Gasteiger partial charge in [0.2, 0.25) is 0 Å². The summed E-state index contributed by atoms with van der Waals surface area (Å²) in [5, 5.41) is 1.13. The maximum Gasteiger partial charge on any atom is 0.0622 e. The quantitative estimate of drug-likeness (QED) is 0.673. The highest BCUT2D eigenvalue weighted by molar-refractivity contribution is 9.09. The maximum atomic E-state index is 5.41. The van der Waals surface area contributed by atoms with E-state index in [4.69, 9.17) is 4.74 Å². The molecule has 2 fully saturated rings. The second-order valence-corrected chi connectivity index (χ2v) is 4.35. The number of halogens is 1. The van der Waals surface area contributed by atoms with Gasteiger partial charge in [0.05, 0.1) is 6.61 Å². The first-order valence-electron chi connectivity index (χ1n) is 4.81. The summed E-state index contributed by atoms with van der Waals surface area (Å²) >= 11 is 3.58. The molecule has 2 rings (SSSR count). The van der Waals surface area contributed by atoms with Crippen LogP contribution in [0.5, 0.6) is 0 Å². The molecule has 2 aliphatic rings. The molecule has 0 aliphatic carbocycles. The minimum Gasteiger partial charge on any atom is -0.380 e. The predicted octanol–water partition coefficient (Wildman–Crippen LogP) is 1.63. The molecule has 0 amide bonds. The predicted molar refractivity (Wildman–Crippen MR) is 52.7 cm³/mol. The number of hydrogen-bond acceptors (Lipinski definition) is 2. The van der Waals surface area contributed by atoms with E-state index >= 15 is 0 Å². The largest absolute Gasteiger partial charge is 0.380 e. The minimum atomic E-state index is 0.718. The van der Waals surface area contributed by atoms with Crippen LogP contribution in [0.1, 0.15) is 19.3 Å². The van der Waals surface area contributed by atoms with Gasteiger partial charge in [0, 0.05) is 24.0 Å². The molecular formula is C9H16BrNO. The molecule has 2 nitrogen and oxygen atoms in total. The summed E-state index contributed by atoms with van der Waals surface area (Å²) in [6, 6.07) is 1.49. The highest BCUT2D eigenvalue weighted by Gasteiger charge is 2.31. The molecule has 2 unspecified atom stereocenters. The van der Waals surface area contributed by atoms with Gasteiger partial charge < -0.3 is 4.74 Å². The van der Waals surface area contributed by atoms with Crippen molar-refractivity contribution < 1.29 is 4.74 Å². The lowest BCUT2D eigenvalue weighted by atomic mass is 10.2. The van der Waals surface area contributed by atoms with Gasteiger partial charge in [0.15, 0.2) is 0 Å². The molecule has 0 radical (unpaired) electrons. The van der Waals surface area contributed by atoms with Crippen molar-refractivity contribution in [3.63, 3.8) is 0 Å². The molecule has 2 saturated heterocycles. The zero-order valence-corrected chi connectivity index (χ0v) is 8.92. The van der Waals surface area contributed by atoms with Gasteiger partial charge in [0.1, 0.15) is 0 Å². The van der Waals surface area contributed by atoms with E-state index in [0.29, 0.717) is 0 Å². The Labute approximate surface area is 82.4 Å². The van der Waals surface area contributed by atoms with Gasteiger partial charge in [0.25, 0.3) is 0 Å². The van der Waals surface area contributed by atoms with Gasteiger partial charge in [-0.15, -0.1) is 0 Å². The van der Waals surface area contributed by atoms with Crippen LogP contribution in [-0.4, -0.2) is 42.1 Å². The van der Waals surface area contributed by atoms with Gasteiger partial charge in [-0.2, -0.15) is 0 Å². The van der Waals surface area contributed by atoms with Crippen molar-refractivity contribution in [1.29, 1.82) is 0 Å². The number of rotatable bonds is 2. The second kappa shape index (κ2) is 4.07. The van der Waals surface area contributed by atoms with Gasteiger partial charge >= 0.3 is 0 Å². The molecule has 12 heavy (non-hydrogen) atoms. The van der Waals surface area contributed by atoms with Crippen molar-refractivity contribution in [2.45, 2.75) is 31.3 Å². The third-order valence-corrected chi connectivity index (χ3v) is 3.72. The van der Waals surface area contributed by atoms with Crippen LogP contribution >= 0.6 is 15.9 Å². The highest BCUT2D eigenvalue weighted by Crippen LogP contribution is 2.25. The first-order valence-corrected chi connectivity index (χ1v) is 5.93. The van der Waals surface area contributed by atoms with Crippen LogP contribution in [0.4, 0.5) is 0 Å². The highest BCUT2D eigenvalue weighted by atomic mass is 79.9. The molecule has 0 bridgehead atoms. The van der Waals surface area contributed by atoms with Crippen molar-refractivity contribution in [3.8, 4) is 0 Å². The van der Waals surface area contributed by atoms with Gasteiger partial charge in [-0.05, 0) is 25.8 Å². The number of alkyl halides is 1. The van der Waals surface area contributed by atoms with Crippen LogP contribution in [0, 0.1) is 0 Å². The smallest absolute Gasteiger partial charge is 0.0622 e. The third-order valence-electron chi connectivity index (χ3n) is 2.98. The Balaban J connectivity index is 1.92. The van der Waals surface area contributed by atoms with Crippen molar-refractivity contribution >= 4 is 15.9 Å². The lowest BCUT2D eigenvalue weighted by molar-refractivity contribution is 0.141. The fourth-order valence-corrected chi connectivity index (χ4v) is 2.98. The normalized spacial score (nSPS) is 37.8. The molecule has 0 saturated carbocycles. The molecule has 0 spiro atoms. The van der Waals surface area contributed by atoms with Gasteiger partial charge in [-0.3, -0.25) is 4.90 Å². The van der Waals surface area contributed by atoms with Gasteiger partial charge in [-0.25, -0.2) is 0 Å². The Morgan fingerprint density at radius 2 is 2.33 bits per heavy atom. The molecular weight excluding hydrogens is 218 g/mol. The average Bonchev–Trinajstić information content (AvgIpc) is 2.74. The van der Waals surface area contributed by atoms with E-state index in [9.17, 15) is 0 Å². The van der Waals surface area contributed by atoms with Crippen molar-refractivity contribution in [3.05, 3.63) is 0 Å². The van der Waals surface area contributed by atoms with Crippen molar-refractivity contribution in [2.24, 2.45) is 0 Å². The Hall–Kier alpha value is 0.400. The fourth-order valence-electron chi connectivity index (χ4n) is 2.29. The monoisotopic (exact) mass is 233 g/mol. The fraction of sp³-hybridized carbons (Fsp3) is 1.00. The zero-order chi connectivity index (χ0) is 8.39. The zero-order valence-electron chi connectivity index (χ0n) is 7.34. The Morgan fingerprint density at radius 1 is 1.42 bits per heavy atom. The Morgan fingerprint density at radius 3 is 3.00 bits per heavy atom. The average molecular weight is 234 g/mol. The molecule has 3 heteroatoms. The van der Waals surface area contributed by atoms with Crippen LogP contribution in [0.25, 0.3) is 0 Å². The summed E-state index contributed by atoms with van der Waals surface area (Å²) in [6.45, 7) is 3.21. The number of nitrogens with zero attached hydrogens (tertiary/aromatic N) is 1. The number of hydrogen-bond donors (Lipinski definition) is 0. The van der Waals surface area contributed by atoms with E-state index in [1.807, 2.05) is 0 Å². The van der Waals surface area contributed by atoms with Crippen molar-refractivity contribution in [2.75, 3.05) is 25.1 Å². The molecule has 0 aromatic carbocycles. The van der Waals surface area contributed by atoms with E-state index < -0.39 is 0 Å². The third kappa shape index (κ3) is 1.68. The Bertz CT molecular complexity index is 147. The van der Waals surface area contributed by atoms with Crippen LogP contribution in [0.2, 0.25) is 0 Å². The van der Waals surface area contributed by atoms with E-state index in [1.54, 1.807) is 0 Å². The Kier molecular flexibility index (Phi) is 3.05. The van der Waals surface area contributed by atoms with E-state index in [-0.39, 0.29) is 0 Å². The summed E-state index contributed by atoms with van der Waals surface area (Å²) < 4.78 is 5.41. The summed E-state index contributed by atoms with van der Waals surface area (Å²) in [4.78, 5) is 2.63. The minimum absolute atomic E-state index is 0.718. The van der Waals surface area contributed by atoms with Crippen LogP contribution in [0.15, 0.2) is 0 Å². The van der Waals surface area contributed by atoms with Crippen LogP contribution in [0.3, 0.4) is 0 Å². The lowest BCUT2D eigenvalue weighted by Crippen LogP contribution is -2.40. The molecule has 2 atom stereocenters. The number of likely N-dealkylation sites (tertiary alicyclic amines) is 1. The molecule has 0 aromatic rings. The summed E-state index contributed by atoms with van der Waals surface area (Å²) in [7, 11) is 0. The van der Waals surface area contributed by atoms with Crippen LogP contribution in [-0.2, 0) is 4.74 Å². The molecule has 70 valence electrons. The molecule has 2 heterocycles. The van der Waals surface area contributed by atoms with E-state index in [1.165, 1.54) is 25.8 Å². The van der Waals surface area contributed by atoms with Gasteiger partial charge in [-0.1, -0.05) is 15.9 Å². The SMILES string of the molecule is BrCC1CCCN1C1CCOC1. The standard InChI is InChI=1S/C9H16BrNO/c10-6-8-2-1-4-11(8)9-3-5-12-7-9/h8-9H,1-7H2.